The highest BCUT2D eigenvalue weighted by molar-refractivity contribution is 5.90. The van der Waals surface area contributed by atoms with Gasteiger partial charge in [0.05, 0.1) is 57.7 Å². The van der Waals surface area contributed by atoms with Crippen LogP contribution < -0.4 is 0 Å². The first-order valence-corrected chi connectivity index (χ1v) is 32.8. The van der Waals surface area contributed by atoms with Crippen LogP contribution >= 0.6 is 0 Å². The Morgan fingerprint density at radius 3 is 0.980 bits per heavy atom. The molecule has 100 heavy (non-hydrogen) atoms. The van der Waals surface area contributed by atoms with Gasteiger partial charge in [0, 0.05) is 76.6 Å². The molecular weight excluding hydrogens is 1280 g/mol. The van der Waals surface area contributed by atoms with E-state index < -0.39 is 63.5 Å². The molecule has 0 amide bonds. The Balaban J connectivity index is 0.000000600. The van der Waals surface area contributed by atoms with E-state index in [9.17, 15) is 38.4 Å². The van der Waals surface area contributed by atoms with Gasteiger partial charge in [-0.25, -0.2) is 28.8 Å². The summed E-state index contributed by atoms with van der Waals surface area (Å²) in [5.74, 6) is 31.3. The van der Waals surface area contributed by atoms with Crippen molar-refractivity contribution in [1.29, 1.82) is 0 Å². The van der Waals surface area contributed by atoms with Crippen molar-refractivity contribution in [3.63, 3.8) is 0 Å². The van der Waals surface area contributed by atoms with Gasteiger partial charge in [-0.05, 0) is 150 Å². The van der Waals surface area contributed by atoms with Crippen molar-refractivity contribution in [3.8, 4) is 71.0 Å². The van der Waals surface area contributed by atoms with Crippen molar-refractivity contribution < 1.29 is 90.5 Å². The molecule has 5 heterocycles. The highest BCUT2D eigenvalue weighted by Gasteiger charge is 2.45. The van der Waals surface area contributed by atoms with Crippen LogP contribution in [0.25, 0.3) is 0 Å². The SMILES string of the molecule is C=C(C)C(=O)OC(C)(C#CC)C1CCOC(=O)C1.C=C(C)C(=O)OC(C)(C#CC)C1CCOC1.C=C(C)C(=O)OC(C)(C#CC)C1CCOCC1.C=C(C)C(=O)OC(C)(C#CC)C1COC(=O)C1.C=C(C)C(=O)OC(C)(C#CC)C1COC1.C=C(C)C(=O)OC(C)(C#CC)c1ccccc1. The molecule has 0 aromatic heterocycles. The molecule has 0 aliphatic carbocycles. The van der Waals surface area contributed by atoms with Gasteiger partial charge in [-0.2, -0.15) is 0 Å². The van der Waals surface area contributed by atoms with Crippen LogP contribution in [0.1, 0.15) is 169 Å². The lowest BCUT2D eigenvalue weighted by Gasteiger charge is -2.38. The molecule has 0 N–H and O–H groups in total. The van der Waals surface area contributed by atoms with Gasteiger partial charge < -0.3 is 52.1 Å². The monoisotopic (exact) mass is 1380 g/mol. The first-order valence-electron chi connectivity index (χ1n) is 32.8. The lowest BCUT2D eigenvalue weighted by atomic mass is 9.83. The van der Waals surface area contributed by atoms with Crippen LogP contribution in [0.3, 0.4) is 0 Å². The molecule has 0 saturated carbocycles. The molecular formula is C81H104O19. The number of carbonyl (C=O) groups is 8. The molecule has 542 valence electrons. The number of rotatable bonds is 18. The fraction of sp³-hybridized carbons (Fsp3) is 0.531. The summed E-state index contributed by atoms with van der Waals surface area (Å²) in [6.45, 7) is 56.5. The van der Waals surface area contributed by atoms with E-state index >= 15 is 0 Å². The standard InChI is InChI=1S/C15H16O2.C14H18O4.C14H20O3.C13H16O4.C13H18O3.C12H16O3/c1-5-11-15(4,17-14(16)12(2)3)13-9-7-6-8-10-13;1-5-7-14(4,18-13(16)10(2)3)11-6-8-17-12(15)9-11;1-5-8-14(4,17-13(15)11(2)3)12-6-9-16-10-7-12;1-5-6-13(4,17-12(15)9(2)3)10-7-11(14)16-8-10;1-5-7-13(4,11-6-8-15-9-11)16-12(14)10(2)3;1-5-6-12(4,10-7-14-8-10)15-11(13)9(2)3/h6-10H,2H2,1,3-4H3;11H,2,6,8-9H2,1,3-4H3;12H,2,6-7,9-10H2,1,3-4H3;10H,2,7-8H2,1,3-4H3;11H,2,6,8-9H2,1,3-4H3;10H,2,7-8H2,1,3-4H3. The predicted molar refractivity (Wildman–Crippen MR) is 381 cm³/mol. The van der Waals surface area contributed by atoms with Crippen molar-refractivity contribution in [3.05, 3.63) is 109 Å². The van der Waals surface area contributed by atoms with Gasteiger partial charge >= 0.3 is 47.8 Å². The summed E-state index contributed by atoms with van der Waals surface area (Å²) in [6, 6.07) is 9.45. The van der Waals surface area contributed by atoms with E-state index in [1.807, 2.05) is 51.1 Å². The molecule has 9 unspecified atom stereocenters. The first-order chi connectivity index (χ1) is 46.7. The molecule has 5 aliphatic heterocycles. The second-order valence-electron chi connectivity index (χ2n) is 25.4. The molecule has 1 aromatic rings. The zero-order valence-electron chi connectivity index (χ0n) is 62.2. The largest absolute Gasteiger partial charge is 0.466 e. The van der Waals surface area contributed by atoms with Gasteiger partial charge in [-0.3, -0.25) is 9.59 Å². The fourth-order valence-corrected chi connectivity index (χ4v) is 9.90. The maximum Gasteiger partial charge on any atom is 0.334 e. The van der Waals surface area contributed by atoms with Crippen molar-refractivity contribution in [2.24, 2.45) is 29.6 Å². The van der Waals surface area contributed by atoms with Crippen LogP contribution in [-0.2, 0) is 96.1 Å². The van der Waals surface area contributed by atoms with Crippen LogP contribution in [-0.4, -0.2) is 129 Å². The average molecular weight is 1380 g/mol. The van der Waals surface area contributed by atoms with Gasteiger partial charge in [0.2, 0.25) is 0 Å². The molecule has 5 aliphatic rings. The Bertz CT molecular complexity index is 3540. The number of ether oxygens (including phenoxy) is 11. The minimum absolute atomic E-state index is 0.142. The number of cyclic esters (lactones) is 2. The highest BCUT2D eigenvalue weighted by Crippen LogP contribution is 2.35. The van der Waals surface area contributed by atoms with E-state index in [0.29, 0.717) is 86.1 Å². The lowest BCUT2D eigenvalue weighted by Crippen LogP contribution is -2.48. The maximum absolute atomic E-state index is 11.7. The zero-order chi connectivity index (χ0) is 76.2. The second-order valence-corrected chi connectivity index (χ2v) is 25.4. The number of carbonyl (C=O) groups excluding carboxylic acids is 8. The molecule has 5 saturated heterocycles. The summed E-state index contributed by atoms with van der Waals surface area (Å²) < 4.78 is 57.9. The van der Waals surface area contributed by atoms with Crippen molar-refractivity contribution in [2.75, 3.05) is 52.9 Å². The van der Waals surface area contributed by atoms with E-state index in [4.69, 9.17) is 52.1 Å². The second kappa shape index (κ2) is 42.6. The van der Waals surface area contributed by atoms with Gasteiger partial charge in [0.1, 0.15) is 0 Å². The number of benzene rings is 1. The van der Waals surface area contributed by atoms with E-state index in [1.165, 1.54) is 0 Å². The number of esters is 8. The number of hydrogen-bond donors (Lipinski definition) is 0. The van der Waals surface area contributed by atoms with Crippen molar-refractivity contribution >= 4 is 47.8 Å². The van der Waals surface area contributed by atoms with Gasteiger partial charge in [-0.1, -0.05) is 105 Å². The molecule has 0 bridgehead atoms. The van der Waals surface area contributed by atoms with Crippen molar-refractivity contribution in [2.45, 2.75) is 197 Å². The third kappa shape index (κ3) is 29.2. The van der Waals surface area contributed by atoms with Gasteiger partial charge in [-0.15, -0.1) is 35.5 Å². The lowest BCUT2D eigenvalue weighted by molar-refractivity contribution is -0.169. The van der Waals surface area contributed by atoms with Crippen LogP contribution in [0.2, 0.25) is 0 Å². The highest BCUT2D eigenvalue weighted by atomic mass is 16.6. The molecule has 0 spiro atoms. The van der Waals surface area contributed by atoms with Crippen LogP contribution in [0.15, 0.2) is 103 Å². The summed E-state index contributed by atoms with van der Waals surface area (Å²) in [5.41, 5.74) is -2.11. The fourth-order valence-electron chi connectivity index (χ4n) is 9.90. The molecule has 19 heteroatoms. The van der Waals surface area contributed by atoms with Crippen LogP contribution in [0, 0.1) is 101 Å². The van der Waals surface area contributed by atoms with Crippen molar-refractivity contribution in [1.82, 2.24) is 0 Å². The minimum atomic E-state index is -1.00. The first kappa shape index (κ1) is 88.7. The molecule has 9 atom stereocenters. The van der Waals surface area contributed by atoms with Crippen LogP contribution in [0.5, 0.6) is 0 Å². The summed E-state index contributed by atoms with van der Waals surface area (Å²) in [6.07, 6.45) is 3.68. The molecule has 1 aromatic carbocycles. The minimum Gasteiger partial charge on any atom is -0.466 e. The maximum atomic E-state index is 11.7. The Morgan fingerprint density at radius 1 is 0.360 bits per heavy atom. The summed E-state index contributed by atoms with van der Waals surface area (Å²) in [4.78, 5) is 91.9. The smallest absolute Gasteiger partial charge is 0.334 e. The van der Waals surface area contributed by atoms with Crippen LogP contribution in [0.4, 0.5) is 0 Å². The molecule has 5 fully saturated rings. The summed E-state index contributed by atoms with van der Waals surface area (Å²) >= 11 is 0. The van der Waals surface area contributed by atoms with E-state index in [2.05, 4.69) is 111 Å². The predicted octanol–water partition coefficient (Wildman–Crippen LogP) is 12.1. The Hall–Kier alpha value is -9.34. The van der Waals surface area contributed by atoms with Gasteiger partial charge in [0.25, 0.3) is 0 Å². The normalized spacial score (nSPS) is 19.7. The van der Waals surface area contributed by atoms with E-state index in [-0.39, 0.29) is 66.9 Å². The third-order valence-electron chi connectivity index (χ3n) is 16.2. The molecule has 19 nitrogen and oxygen atoms in total. The molecule has 0 radical (unpaired) electrons. The summed E-state index contributed by atoms with van der Waals surface area (Å²) in [5, 5.41) is 0. The Labute approximate surface area is 594 Å². The van der Waals surface area contributed by atoms with E-state index in [1.54, 1.807) is 104 Å². The quantitative estimate of drug-likeness (QED) is 0.0574. The topological polar surface area (TPSA) is 238 Å². The average Bonchev–Trinajstić information content (AvgIpc) is 1.11. The third-order valence-corrected chi connectivity index (χ3v) is 16.2. The zero-order valence-corrected chi connectivity index (χ0v) is 62.2. The number of hydrogen-bond acceptors (Lipinski definition) is 19. The van der Waals surface area contributed by atoms with E-state index in [0.717, 1.165) is 24.8 Å². The summed E-state index contributed by atoms with van der Waals surface area (Å²) in [7, 11) is 0. The molecule has 6 rings (SSSR count). The Morgan fingerprint density at radius 2 is 0.660 bits per heavy atom. The van der Waals surface area contributed by atoms with Gasteiger partial charge in [0.15, 0.2) is 33.6 Å². The Kier molecular flexibility index (Phi) is 37.8.